The molecule has 2 N–H and O–H groups in total. The lowest BCUT2D eigenvalue weighted by Crippen LogP contribution is -2.31. The highest BCUT2D eigenvalue weighted by atomic mass is 16.5. The molecule has 2 aromatic carbocycles. The molecule has 4 rings (SSSR count). The van der Waals surface area contributed by atoms with E-state index in [1.165, 1.54) is 0 Å². The summed E-state index contributed by atoms with van der Waals surface area (Å²) in [6.45, 7) is 1.91. The Hall–Kier alpha value is -3.94. The third-order valence-electron chi connectivity index (χ3n) is 4.50. The zero-order chi connectivity index (χ0) is 20.2. The number of benzene rings is 2. The summed E-state index contributed by atoms with van der Waals surface area (Å²) in [7, 11) is 1.62. The zero-order valence-corrected chi connectivity index (χ0v) is 16.0. The molecule has 0 bridgehead atoms. The minimum absolute atomic E-state index is 0.152. The van der Waals surface area contributed by atoms with E-state index in [0.717, 1.165) is 22.6 Å². The number of urea groups is 1. The van der Waals surface area contributed by atoms with Gasteiger partial charge in [0.1, 0.15) is 5.75 Å². The number of ether oxygens (including phenoxy) is 1. The molecule has 2 heterocycles. The van der Waals surface area contributed by atoms with Gasteiger partial charge in [-0.05, 0) is 42.8 Å². The maximum absolute atomic E-state index is 12.4. The number of hydrogen-bond donors (Lipinski definition) is 2. The molecule has 0 saturated heterocycles. The van der Waals surface area contributed by atoms with Crippen LogP contribution in [0, 0.1) is 0 Å². The van der Waals surface area contributed by atoms with Crippen molar-refractivity contribution < 1.29 is 9.53 Å². The molecule has 0 unspecified atom stereocenters. The molecule has 146 valence electrons. The molecule has 1 atom stereocenters. The van der Waals surface area contributed by atoms with Gasteiger partial charge >= 0.3 is 6.03 Å². The quantitative estimate of drug-likeness (QED) is 0.544. The van der Waals surface area contributed by atoms with Crippen molar-refractivity contribution in [3.8, 4) is 17.0 Å². The van der Waals surface area contributed by atoms with Crippen LogP contribution in [0.15, 0.2) is 66.9 Å². The number of anilines is 1. The summed E-state index contributed by atoms with van der Waals surface area (Å²) in [6.07, 6.45) is 1.66. The number of fused-ring (bicyclic) bond motifs is 1. The molecule has 8 nitrogen and oxygen atoms in total. The third kappa shape index (κ3) is 4.01. The van der Waals surface area contributed by atoms with Gasteiger partial charge in [0.15, 0.2) is 0 Å². The summed E-state index contributed by atoms with van der Waals surface area (Å²) >= 11 is 0. The Bertz CT molecular complexity index is 1130. The Morgan fingerprint density at radius 2 is 1.83 bits per heavy atom. The first kappa shape index (κ1) is 18.4. The van der Waals surface area contributed by atoms with E-state index in [2.05, 4.69) is 25.7 Å². The second kappa shape index (κ2) is 7.97. The molecule has 0 aliphatic heterocycles. The number of carbonyl (C=O) groups is 1. The molecule has 0 fully saturated rings. The van der Waals surface area contributed by atoms with Gasteiger partial charge in [0, 0.05) is 11.8 Å². The van der Waals surface area contributed by atoms with Crippen molar-refractivity contribution in [2.45, 2.75) is 13.0 Å². The van der Waals surface area contributed by atoms with Crippen LogP contribution in [0.25, 0.3) is 17.0 Å². The number of rotatable bonds is 5. The second-order valence-corrected chi connectivity index (χ2v) is 6.44. The van der Waals surface area contributed by atoms with E-state index in [1.54, 1.807) is 17.8 Å². The number of methoxy groups -OCH3 is 1. The van der Waals surface area contributed by atoms with Crippen molar-refractivity contribution in [3.63, 3.8) is 0 Å². The zero-order valence-electron chi connectivity index (χ0n) is 16.0. The van der Waals surface area contributed by atoms with Crippen LogP contribution in [0.4, 0.5) is 10.7 Å². The third-order valence-corrected chi connectivity index (χ3v) is 4.50. The summed E-state index contributed by atoms with van der Waals surface area (Å²) < 4.78 is 6.80. The Kier molecular flexibility index (Phi) is 5.07. The highest BCUT2D eigenvalue weighted by Gasteiger charge is 2.14. The van der Waals surface area contributed by atoms with E-state index in [4.69, 9.17) is 4.74 Å². The minimum Gasteiger partial charge on any atom is -0.497 e. The van der Waals surface area contributed by atoms with Gasteiger partial charge in [0.2, 0.25) is 0 Å². The van der Waals surface area contributed by atoms with Gasteiger partial charge in [-0.3, -0.25) is 5.32 Å². The molecule has 0 spiro atoms. The van der Waals surface area contributed by atoms with E-state index in [9.17, 15) is 4.79 Å². The lowest BCUT2D eigenvalue weighted by Gasteiger charge is -2.13. The topological polar surface area (TPSA) is 93.4 Å². The standard InChI is InChI=1S/C21H20N6O2/c1-14(15-6-4-3-5-7-15)23-21(28)25-19-24-20-22-13-12-18(27(20)26-19)16-8-10-17(29-2)11-9-16/h3-14H,1-2H3,(H2,23,25,26,28)/t14-/m1/s1. The van der Waals surface area contributed by atoms with Gasteiger partial charge in [0.25, 0.3) is 11.7 Å². The SMILES string of the molecule is COc1ccc(-c2ccnc3nc(NC(=O)N[C@H](C)c4ccccc4)nn23)cc1. The van der Waals surface area contributed by atoms with Crippen LogP contribution >= 0.6 is 0 Å². The summed E-state index contributed by atoms with van der Waals surface area (Å²) in [4.78, 5) is 20.9. The number of nitrogens with one attached hydrogen (secondary N) is 2. The van der Waals surface area contributed by atoms with E-state index in [-0.39, 0.29) is 18.0 Å². The normalized spacial score (nSPS) is 11.8. The minimum atomic E-state index is -0.386. The lowest BCUT2D eigenvalue weighted by molar-refractivity contribution is 0.249. The van der Waals surface area contributed by atoms with Crippen molar-refractivity contribution in [2.75, 3.05) is 12.4 Å². The molecule has 0 aliphatic carbocycles. The fourth-order valence-electron chi connectivity index (χ4n) is 2.99. The largest absolute Gasteiger partial charge is 0.497 e. The van der Waals surface area contributed by atoms with E-state index in [0.29, 0.717) is 5.78 Å². The van der Waals surface area contributed by atoms with Gasteiger partial charge in [-0.15, -0.1) is 5.10 Å². The maximum Gasteiger partial charge on any atom is 0.322 e. The summed E-state index contributed by atoms with van der Waals surface area (Å²) in [5, 5.41) is 9.94. The maximum atomic E-state index is 12.4. The molecule has 0 saturated carbocycles. The fraction of sp³-hybridized carbons (Fsp3) is 0.143. The molecular formula is C21H20N6O2. The van der Waals surface area contributed by atoms with Crippen molar-refractivity contribution in [1.29, 1.82) is 0 Å². The van der Waals surface area contributed by atoms with Gasteiger partial charge < -0.3 is 10.1 Å². The lowest BCUT2D eigenvalue weighted by atomic mass is 10.1. The summed E-state index contributed by atoms with van der Waals surface area (Å²) in [6, 6.07) is 18.6. The van der Waals surface area contributed by atoms with Gasteiger partial charge in [-0.25, -0.2) is 9.78 Å². The number of carbonyl (C=O) groups excluding carboxylic acids is 1. The molecule has 0 aliphatic rings. The smallest absolute Gasteiger partial charge is 0.322 e. The first-order valence-corrected chi connectivity index (χ1v) is 9.13. The van der Waals surface area contributed by atoms with Gasteiger partial charge in [0.05, 0.1) is 18.8 Å². The Balaban J connectivity index is 1.53. The van der Waals surface area contributed by atoms with Crippen molar-refractivity contribution in [2.24, 2.45) is 0 Å². The predicted octanol–water partition coefficient (Wildman–Crippen LogP) is 3.68. The highest BCUT2D eigenvalue weighted by molar-refractivity contribution is 5.87. The van der Waals surface area contributed by atoms with E-state index >= 15 is 0 Å². The first-order chi connectivity index (χ1) is 14.1. The van der Waals surface area contributed by atoms with Crippen LogP contribution in [0.1, 0.15) is 18.5 Å². The van der Waals surface area contributed by atoms with Crippen LogP contribution in [0.2, 0.25) is 0 Å². The van der Waals surface area contributed by atoms with E-state index in [1.807, 2.05) is 67.6 Å². The van der Waals surface area contributed by atoms with Crippen molar-refractivity contribution in [3.05, 3.63) is 72.4 Å². The summed E-state index contributed by atoms with van der Waals surface area (Å²) in [5.74, 6) is 1.34. The van der Waals surface area contributed by atoms with Gasteiger partial charge in [-0.2, -0.15) is 9.50 Å². The number of amides is 2. The van der Waals surface area contributed by atoms with Crippen LogP contribution in [-0.2, 0) is 0 Å². The van der Waals surface area contributed by atoms with Crippen LogP contribution in [-0.4, -0.2) is 32.7 Å². The molecular weight excluding hydrogens is 368 g/mol. The molecule has 4 aromatic rings. The van der Waals surface area contributed by atoms with Crippen molar-refractivity contribution in [1.82, 2.24) is 24.9 Å². The number of hydrogen-bond acceptors (Lipinski definition) is 5. The van der Waals surface area contributed by atoms with Gasteiger partial charge in [-0.1, -0.05) is 30.3 Å². The van der Waals surface area contributed by atoms with Crippen LogP contribution in [0.3, 0.4) is 0 Å². The Morgan fingerprint density at radius 3 is 2.55 bits per heavy atom. The number of aromatic nitrogens is 4. The summed E-state index contributed by atoms with van der Waals surface area (Å²) in [5.41, 5.74) is 2.74. The second-order valence-electron chi connectivity index (χ2n) is 6.44. The van der Waals surface area contributed by atoms with Crippen molar-refractivity contribution >= 4 is 17.8 Å². The monoisotopic (exact) mass is 388 g/mol. The molecule has 8 heteroatoms. The average molecular weight is 388 g/mol. The highest BCUT2D eigenvalue weighted by Crippen LogP contribution is 2.22. The Morgan fingerprint density at radius 1 is 1.07 bits per heavy atom. The average Bonchev–Trinajstić information content (AvgIpc) is 3.16. The molecule has 2 amide bonds. The van der Waals surface area contributed by atoms with E-state index < -0.39 is 0 Å². The van der Waals surface area contributed by atoms with Crippen LogP contribution in [0.5, 0.6) is 5.75 Å². The molecule has 0 radical (unpaired) electrons. The Labute approximate surface area is 167 Å². The van der Waals surface area contributed by atoms with Crippen LogP contribution < -0.4 is 15.4 Å². The number of nitrogens with zero attached hydrogens (tertiary/aromatic N) is 4. The first-order valence-electron chi connectivity index (χ1n) is 9.13. The predicted molar refractivity (Wildman–Crippen MR) is 110 cm³/mol. The molecule has 2 aromatic heterocycles. The molecule has 29 heavy (non-hydrogen) atoms. The fourth-order valence-corrected chi connectivity index (χ4v) is 2.99.